The van der Waals surface area contributed by atoms with E-state index in [0.717, 1.165) is 18.8 Å². The Morgan fingerprint density at radius 2 is 1.88 bits per heavy atom. The molecule has 0 radical (unpaired) electrons. The lowest BCUT2D eigenvalue weighted by Crippen LogP contribution is -2.27. The van der Waals surface area contributed by atoms with Crippen molar-refractivity contribution >= 4 is 59.3 Å². The maximum absolute atomic E-state index is 12.5. The van der Waals surface area contributed by atoms with Crippen LogP contribution in [-0.4, -0.2) is 30.5 Å². The molecule has 0 saturated carbocycles. The second-order valence-electron chi connectivity index (χ2n) is 8.48. The summed E-state index contributed by atoms with van der Waals surface area (Å²) >= 11 is 3.83. The summed E-state index contributed by atoms with van der Waals surface area (Å²) in [4.78, 5) is 13.6. The topological polar surface area (TPSA) is 53.4 Å². The van der Waals surface area contributed by atoms with Crippen LogP contribution in [0.4, 0.5) is 4.79 Å². The van der Waals surface area contributed by atoms with E-state index in [-0.39, 0.29) is 11.5 Å². The highest BCUT2D eigenvalue weighted by Crippen LogP contribution is 2.42. The van der Waals surface area contributed by atoms with Gasteiger partial charge in [-0.2, -0.15) is 9.78 Å². The van der Waals surface area contributed by atoms with Gasteiger partial charge in [-0.25, -0.2) is 4.79 Å². The maximum atomic E-state index is 12.5. The lowest BCUT2D eigenvalue weighted by molar-refractivity contribution is 0.0522. The minimum Gasteiger partial charge on any atom is -0.442 e. The molecular formula is C17H27IN2O3SSi. The van der Waals surface area contributed by atoms with Crippen molar-refractivity contribution < 1.29 is 14.0 Å². The van der Waals surface area contributed by atoms with Gasteiger partial charge in [-0.3, -0.25) is 0 Å². The molecule has 0 N–H and O–H groups in total. The van der Waals surface area contributed by atoms with E-state index >= 15 is 0 Å². The number of nitrogens with zero attached hydrogens (tertiary/aromatic N) is 2. The molecule has 0 bridgehead atoms. The van der Waals surface area contributed by atoms with E-state index in [1.807, 2.05) is 26.8 Å². The number of hydrogen-bond acceptors (Lipinski definition) is 5. The fraction of sp³-hybridized carbons (Fsp3) is 0.647. The fourth-order valence-electron chi connectivity index (χ4n) is 2.44. The molecule has 0 aromatic carbocycles. The summed E-state index contributed by atoms with van der Waals surface area (Å²) in [5, 5.41) is 4.36. The average molecular weight is 494 g/mol. The van der Waals surface area contributed by atoms with E-state index in [9.17, 15) is 4.79 Å². The van der Waals surface area contributed by atoms with Crippen LogP contribution >= 0.6 is 33.9 Å². The number of thiophene rings is 1. The van der Waals surface area contributed by atoms with E-state index in [2.05, 4.69) is 61.6 Å². The van der Waals surface area contributed by atoms with Gasteiger partial charge in [0.1, 0.15) is 9.30 Å². The summed E-state index contributed by atoms with van der Waals surface area (Å²) < 4.78 is 15.0. The quantitative estimate of drug-likeness (QED) is 0.414. The Kier molecular flexibility index (Phi) is 6.07. The number of halogens is 1. The highest BCUT2D eigenvalue weighted by molar-refractivity contribution is 14.1. The van der Waals surface area contributed by atoms with Gasteiger partial charge in [0.2, 0.25) is 0 Å². The highest BCUT2D eigenvalue weighted by atomic mass is 127. The monoisotopic (exact) mass is 494 g/mol. The Balaban J connectivity index is 2.48. The van der Waals surface area contributed by atoms with E-state index in [1.165, 1.54) is 4.68 Å². The normalized spacial score (nSPS) is 14.3. The summed E-state index contributed by atoms with van der Waals surface area (Å²) in [7, 11) is -1.21. The molecule has 0 spiro atoms. The molecule has 0 aliphatic rings. The van der Waals surface area contributed by atoms with Gasteiger partial charge < -0.3 is 9.16 Å². The molecule has 0 aliphatic heterocycles. The molecule has 1 unspecified atom stereocenters. The summed E-state index contributed by atoms with van der Waals surface area (Å²) in [6.45, 7) is 16.5. The zero-order valence-corrected chi connectivity index (χ0v) is 20.3. The molecule has 1 atom stereocenters. The first kappa shape index (κ1) is 20.9. The van der Waals surface area contributed by atoms with Crippen LogP contribution in [0.2, 0.25) is 13.1 Å². The van der Waals surface area contributed by atoms with Crippen molar-refractivity contribution in [2.45, 2.75) is 66.3 Å². The van der Waals surface area contributed by atoms with Crippen LogP contribution in [0.5, 0.6) is 0 Å². The third kappa shape index (κ3) is 5.05. The van der Waals surface area contributed by atoms with Crippen LogP contribution < -0.4 is 0 Å². The number of carbonyl (C=O) groups excluding carboxylic acids is 1. The summed E-state index contributed by atoms with van der Waals surface area (Å²) in [5.74, 6) is 0. The van der Waals surface area contributed by atoms with Gasteiger partial charge in [0.25, 0.3) is 0 Å². The second-order valence-corrected chi connectivity index (χ2v) is 13.0. The Bertz CT molecular complexity index is 771. The van der Waals surface area contributed by atoms with Crippen molar-refractivity contribution in [2.75, 3.05) is 0 Å². The Hall–Kier alpha value is -0.453. The van der Waals surface area contributed by atoms with E-state index in [1.54, 1.807) is 11.3 Å². The van der Waals surface area contributed by atoms with Gasteiger partial charge in [-0.15, -0.1) is 11.3 Å². The van der Waals surface area contributed by atoms with Gasteiger partial charge in [0, 0.05) is 4.88 Å². The first-order chi connectivity index (χ1) is 11.3. The number of hydrogen-bond donors (Lipinski definition) is 0. The highest BCUT2D eigenvalue weighted by Gasteiger charge is 2.31. The lowest BCUT2D eigenvalue weighted by atomic mass is 9.88. The summed E-state index contributed by atoms with van der Waals surface area (Å²) in [6.07, 6.45) is -0.435. The van der Waals surface area contributed by atoms with Crippen LogP contribution in [-0.2, 0) is 9.16 Å². The Morgan fingerprint density at radius 1 is 1.28 bits per heavy atom. The molecule has 5 nitrogen and oxygen atoms in total. The zero-order chi connectivity index (χ0) is 19.2. The molecule has 2 rings (SSSR count). The summed E-state index contributed by atoms with van der Waals surface area (Å²) in [5.41, 5.74) is 0.219. The second kappa shape index (κ2) is 7.28. The molecule has 0 fully saturated rings. The van der Waals surface area contributed by atoms with Crippen LogP contribution in [0, 0.1) is 9.12 Å². The molecule has 0 aliphatic carbocycles. The van der Waals surface area contributed by atoms with Gasteiger partial charge in [-0.1, -0.05) is 20.8 Å². The van der Waals surface area contributed by atoms with Crippen molar-refractivity contribution in [1.29, 1.82) is 0 Å². The number of aromatic nitrogens is 2. The number of ether oxygens (including phenoxy) is 1. The third-order valence-corrected chi connectivity index (χ3v) is 6.47. The standard InChI is InChI=1S/C17H27IN2O3SSi/c1-16(2,3)13(23-25(7)8)11-9-10-12(24-11)14(18)19-20(10)15(21)22-17(4,5)6/h9,13,25H,1-8H3. The average Bonchev–Trinajstić information content (AvgIpc) is 2.93. The first-order valence-corrected chi connectivity index (χ1v) is 13.0. The predicted octanol–water partition coefficient (Wildman–Crippen LogP) is 5.57. The molecule has 2 aromatic heterocycles. The largest absolute Gasteiger partial charge is 0.442 e. The minimum absolute atomic E-state index is 0.0134. The minimum atomic E-state index is -1.21. The van der Waals surface area contributed by atoms with Crippen molar-refractivity contribution in [1.82, 2.24) is 9.78 Å². The molecule has 0 amide bonds. The Labute approximate surface area is 168 Å². The smallest absolute Gasteiger partial charge is 0.435 e. The van der Waals surface area contributed by atoms with Crippen LogP contribution in [0.3, 0.4) is 0 Å². The van der Waals surface area contributed by atoms with Crippen molar-refractivity contribution in [3.8, 4) is 0 Å². The molecule has 2 heterocycles. The van der Waals surface area contributed by atoms with Crippen molar-refractivity contribution in [3.05, 3.63) is 14.6 Å². The van der Waals surface area contributed by atoms with E-state index in [4.69, 9.17) is 9.16 Å². The van der Waals surface area contributed by atoms with E-state index in [0.29, 0.717) is 0 Å². The molecule has 25 heavy (non-hydrogen) atoms. The van der Waals surface area contributed by atoms with Crippen LogP contribution in [0.1, 0.15) is 52.5 Å². The Morgan fingerprint density at radius 3 is 2.36 bits per heavy atom. The van der Waals surface area contributed by atoms with Gasteiger partial charge in [-0.05, 0) is 67.9 Å². The summed E-state index contributed by atoms with van der Waals surface area (Å²) in [6, 6.07) is 2.03. The predicted molar refractivity (Wildman–Crippen MR) is 114 cm³/mol. The fourth-order valence-corrected chi connectivity index (χ4v) is 5.75. The van der Waals surface area contributed by atoms with Gasteiger partial charge in [0.05, 0.1) is 16.3 Å². The van der Waals surface area contributed by atoms with Gasteiger partial charge >= 0.3 is 6.09 Å². The first-order valence-electron chi connectivity index (χ1n) is 8.36. The number of rotatable bonds is 3. The SMILES string of the molecule is C[SiH](C)OC(c1cc2c(s1)c(I)nn2C(=O)OC(C)(C)C)C(C)(C)C. The van der Waals surface area contributed by atoms with Crippen LogP contribution in [0.25, 0.3) is 10.2 Å². The molecule has 8 heteroatoms. The van der Waals surface area contributed by atoms with E-state index < -0.39 is 20.7 Å². The number of fused-ring (bicyclic) bond motifs is 1. The maximum Gasteiger partial charge on any atom is 0.435 e. The van der Waals surface area contributed by atoms with Gasteiger partial charge in [0.15, 0.2) is 9.04 Å². The molecule has 2 aromatic rings. The third-order valence-electron chi connectivity index (χ3n) is 3.35. The zero-order valence-electron chi connectivity index (χ0n) is 16.1. The lowest BCUT2D eigenvalue weighted by Gasteiger charge is -2.31. The number of carbonyl (C=O) groups is 1. The molecule has 140 valence electrons. The van der Waals surface area contributed by atoms with Crippen LogP contribution in [0.15, 0.2) is 6.07 Å². The van der Waals surface area contributed by atoms with Crippen molar-refractivity contribution in [3.63, 3.8) is 0 Å². The van der Waals surface area contributed by atoms with Crippen molar-refractivity contribution in [2.24, 2.45) is 5.41 Å². The molecular weight excluding hydrogens is 467 g/mol. The molecule has 0 saturated heterocycles.